The minimum Gasteiger partial charge on any atom is -0.375 e. The van der Waals surface area contributed by atoms with Crippen LogP contribution in [0.5, 0.6) is 0 Å². The van der Waals surface area contributed by atoms with Crippen molar-refractivity contribution in [3.8, 4) is 0 Å². The molecule has 0 radical (unpaired) electrons. The smallest absolute Gasteiger partial charge is 0.261 e. The number of hydrogen-bond acceptors (Lipinski definition) is 3. The second kappa shape index (κ2) is 6.48. The number of para-hydroxylation sites is 1. The molecular formula is C21H17ClN2O2. The first-order valence-corrected chi connectivity index (χ1v) is 8.68. The topological polar surface area (TPSA) is 61.4 Å². The summed E-state index contributed by atoms with van der Waals surface area (Å²) in [4.78, 5) is 12.5. The fourth-order valence-corrected chi connectivity index (χ4v) is 3.39. The SMILES string of the molecule is O=C1Nc2ccc(Nc3ccccc3Cl)cc2C1(O)Cc1ccccc1. The minimum absolute atomic E-state index is 0.211. The van der Waals surface area contributed by atoms with E-state index >= 15 is 0 Å². The number of carbonyl (C=O) groups is 1. The Bertz CT molecular complexity index is 975. The Morgan fingerprint density at radius 2 is 1.73 bits per heavy atom. The van der Waals surface area contributed by atoms with Crippen LogP contribution in [0.3, 0.4) is 0 Å². The van der Waals surface area contributed by atoms with E-state index in [-0.39, 0.29) is 6.42 Å². The summed E-state index contributed by atoms with van der Waals surface area (Å²) in [5.74, 6) is -0.411. The molecule has 1 aliphatic heterocycles. The van der Waals surface area contributed by atoms with Crippen LogP contribution in [0.15, 0.2) is 72.8 Å². The largest absolute Gasteiger partial charge is 0.375 e. The predicted octanol–water partition coefficient (Wildman–Crippen LogP) is 4.47. The first-order chi connectivity index (χ1) is 12.6. The molecule has 1 heterocycles. The molecule has 0 fully saturated rings. The van der Waals surface area contributed by atoms with Gasteiger partial charge in [0, 0.05) is 23.4 Å². The molecule has 0 spiro atoms. The second-order valence-corrected chi connectivity index (χ2v) is 6.75. The van der Waals surface area contributed by atoms with Crippen LogP contribution < -0.4 is 10.6 Å². The number of fused-ring (bicyclic) bond motifs is 1. The van der Waals surface area contributed by atoms with Gasteiger partial charge in [0.2, 0.25) is 0 Å². The first kappa shape index (κ1) is 16.6. The third-order valence-electron chi connectivity index (χ3n) is 4.54. The Kier molecular flexibility index (Phi) is 4.15. The summed E-state index contributed by atoms with van der Waals surface area (Å²) in [6.07, 6.45) is 0.211. The van der Waals surface area contributed by atoms with Crippen molar-refractivity contribution in [2.24, 2.45) is 0 Å². The molecule has 1 amide bonds. The zero-order valence-electron chi connectivity index (χ0n) is 13.9. The van der Waals surface area contributed by atoms with E-state index in [1.165, 1.54) is 0 Å². The van der Waals surface area contributed by atoms with Gasteiger partial charge in [-0.2, -0.15) is 0 Å². The highest BCUT2D eigenvalue weighted by molar-refractivity contribution is 6.33. The van der Waals surface area contributed by atoms with Crippen LogP contribution in [0.25, 0.3) is 0 Å². The van der Waals surface area contributed by atoms with Crippen LogP contribution in [-0.4, -0.2) is 11.0 Å². The van der Waals surface area contributed by atoms with Gasteiger partial charge in [-0.05, 0) is 35.9 Å². The summed E-state index contributed by atoms with van der Waals surface area (Å²) in [6, 6.07) is 22.3. The second-order valence-electron chi connectivity index (χ2n) is 6.34. The lowest BCUT2D eigenvalue weighted by Crippen LogP contribution is -2.36. The van der Waals surface area contributed by atoms with Crippen LogP contribution >= 0.6 is 11.6 Å². The van der Waals surface area contributed by atoms with Gasteiger partial charge < -0.3 is 15.7 Å². The third-order valence-corrected chi connectivity index (χ3v) is 4.87. The van der Waals surface area contributed by atoms with Crippen LogP contribution in [0.2, 0.25) is 5.02 Å². The fraction of sp³-hybridized carbons (Fsp3) is 0.0952. The molecule has 4 nitrogen and oxygen atoms in total. The van der Waals surface area contributed by atoms with Crippen LogP contribution in [0.4, 0.5) is 17.1 Å². The molecule has 0 aromatic heterocycles. The normalized spacial score (nSPS) is 18.3. The molecule has 3 aromatic rings. The summed E-state index contributed by atoms with van der Waals surface area (Å²) in [5.41, 5.74) is 1.98. The monoisotopic (exact) mass is 364 g/mol. The van der Waals surface area contributed by atoms with E-state index in [0.29, 0.717) is 16.3 Å². The van der Waals surface area contributed by atoms with Crippen molar-refractivity contribution in [2.45, 2.75) is 12.0 Å². The quantitative estimate of drug-likeness (QED) is 0.640. The van der Waals surface area contributed by atoms with E-state index in [1.54, 1.807) is 18.2 Å². The maximum Gasteiger partial charge on any atom is 0.261 e. The molecule has 1 aliphatic rings. The molecule has 3 N–H and O–H groups in total. The molecular weight excluding hydrogens is 348 g/mol. The number of carbonyl (C=O) groups excluding carboxylic acids is 1. The number of aliphatic hydroxyl groups is 1. The predicted molar refractivity (Wildman–Crippen MR) is 104 cm³/mol. The molecule has 1 atom stereocenters. The third kappa shape index (κ3) is 2.94. The molecule has 1 unspecified atom stereocenters. The van der Waals surface area contributed by atoms with Gasteiger partial charge in [-0.1, -0.05) is 54.1 Å². The Morgan fingerprint density at radius 1 is 1.00 bits per heavy atom. The number of benzene rings is 3. The van der Waals surface area contributed by atoms with Crippen LogP contribution in [0, 0.1) is 0 Å². The van der Waals surface area contributed by atoms with Gasteiger partial charge in [-0.15, -0.1) is 0 Å². The lowest BCUT2D eigenvalue weighted by atomic mass is 9.88. The number of anilines is 3. The average molecular weight is 365 g/mol. The van der Waals surface area contributed by atoms with Crippen molar-refractivity contribution >= 4 is 34.6 Å². The standard InChI is InChI=1S/C21H17ClN2O2/c22-17-8-4-5-9-19(17)23-15-10-11-18-16(12-15)21(26,20(25)24-18)13-14-6-2-1-3-7-14/h1-12,23,26H,13H2,(H,24,25). The van der Waals surface area contributed by atoms with E-state index in [2.05, 4.69) is 10.6 Å². The molecule has 5 heteroatoms. The summed E-state index contributed by atoms with van der Waals surface area (Å²) >= 11 is 6.20. The van der Waals surface area contributed by atoms with Gasteiger partial charge in [-0.3, -0.25) is 4.79 Å². The molecule has 3 aromatic carbocycles. The van der Waals surface area contributed by atoms with Crippen LogP contribution in [-0.2, 0) is 16.8 Å². The van der Waals surface area contributed by atoms with Gasteiger partial charge >= 0.3 is 0 Å². The minimum atomic E-state index is -1.60. The summed E-state index contributed by atoms with van der Waals surface area (Å²) in [6.45, 7) is 0. The Hall–Kier alpha value is -2.82. The van der Waals surface area contributed by atoms with Crippen molar-refractivity contribution in [1.82, 2.24) is 0 Å². The van der Waals surface area contributed by atoms with Gasteiger partial charge in [0.25, 0.3) is 5.91 Å². The highest BCUT2D eigenvalue weighted by atomic mass is 35.5. The van der Waals surface area contributed by atoms with Gasteiger partial charge in [0.15, 0.2) is 5.60 Å². The van der Waals surface area contributed by atoms with Crippen molar-refractivity contribution in [3.05, 3.63) is 88.9 Å². The zero-order valence-corrected chi connectivity index (χ0v) is 14.6. The van der Waals surface area contributed by atoms with Gasteiger partial charge in [-0.25, -0.2) is 0 Å². The summed E-state index contributed by atoms with van der Waals surface area (Å²) in [5, 5.41) is 17.7. The van der Waals surface area contributed by atoms with E-state index < -0.39 is 11.5 Å². The van der Waals surface area contributed by atoms with Crippen LogP contribution in [0.1, 0.15) is 11.1 Å². The number of rotatable bonds is 4. The number of hydrogen-bond donors (Lipinski definition) is 3. The Labute approximate surface area is 156 Å². The molecule has 26 heavy (non-hydrogen) atoms. The molecule has 0 aliphatic carbocycles. The van der Waals surface area contributed by atoms with E-state index in [0.717, 1.165) is 16.9 Å². The van der Waals surface area contributed by atoms with Gasteiger partial charge in [0.1, 0.15) is 0 Å². The summed E-state index contributed by atoms with van der Waals surface area (Å²) in [7, 11) is 0. The van der Waals surface area contributed by atoms with Crippen molar-refractivity contribution in [1.29, 1.82) is 0 Å². The lowest BCUT2D eigenvalue weighted by Gasteiger charge is -2.21. The molecule has 0 saturated heterocycles. The summed E-state index contributed by atoms with van der Waals surface area (Å²) < 4.78 is 0. The number of halogens is 1. The van der Waals surface area contributed by atoms with E-state index in [9.17, 15) is 9.90 Å². The first-order valence-electron chi connectivity index (χ1n) is 8.30. The highest BCUT2D eigenvalue weighted by Gasteiger charge is 2.45. The Morgan fingerprint density at radius 3 is 2.50 bits per heavy atom. The molecule has 0 bridgehead atoms. The van der Waals surface area contributed by atoms with Crippen molar-refractivity contribution in [3.63, 3.8) is 0 Å². The average Bonchev–Trinajstić information content (AvgIpc) is 2.88. The maximum absolute atomic E-state index is 12.5. The maximum atomic E-state index is 12.5. The lowest BCUT2D eigenvalue weighted by molar-refractivity contribution is -0.133. The van der Waals surface area contributed by atoms with Crippen molar-refractivity contribution < 1.29 is 9.90 Å². The Balaban J connectivity index is 1.69. The van der Waals surface area contributed by atoms with E-state index in [1.807, 2.05) is 54.6 Å². The number of amides is 1. The van der Waals surface area contributed by atoms with Gasteiger partial charge in [0.05, 0.1) is 10.7 Å². The van der Waals surface area contributed by atoms with Crippen molar-refractivity contribution in [2.75, 3.05) is 10.6 Å². The molecule has 0 saturated carbocycles. The number of nitrogens with one attached hydrogen (secondary N) is 2. The zero-order chi connectivity index (χ0) is 18.1. The molecule has 4 rings (SSSR count). The highest BCUT2D eigenvalue weighted by Crippen LogP contribution is 2.40. The van der Waals surface area contributed by atoms with E-state index in [4.69, 9.17) is 11.6 Å². The fourth-order valence-electron chi connectivity index (χ4n) is 3.21. The molecule has 130 valence electrons.